The molecule has 0 radical (unpaired) electrons. The van der Waals surface area contributed by atoms with Crippen LogP contribution in [0.25, 0.3) is 10.8 Å². The van der Waals surface area contributed by atoms with Crippen molar-refractivity contribution in [2.75, 3.05) is 11.9 Å². The van der Waals surface area contributed by atoms with Gasteiger partial charge in [-0.25, -0.2) is 0 Å². The predicted octanol–water partition coefficient (Wildman–Crippen LogP) is 7.16. The average molecular weight is 620 g/mol. The van der Waals surface area contributed by atoms with Crippen LogP contribution in [0.5, 0.6) is 11.5 Å². The minimum atomic E-state index is -1.28. The molecule has 6 nitrogen and oxygen atoms in total. The molecule has 216 valence electrons. The van der Waals surface area contributed by atoms with Crippen molar-refractivity contribution in [3.63, 3.8) is 0 Å². The zero-order valence-electron chi connectivity index (χ0n) is 23.2. The van der Waals surface area contributed by atoms with Crippen LogP contribution in [0.15, 0.2) is 115 Å². The Balaban J connectivity index is 1.02. The normalized spacial score (nSPS) is 24.5. The first-order chi connectivity index (χ1) is 21.3. The second-order valence-electron chi connectivity index (χ2n) is 11.4. The highest BCUT2D eigenvalue weighted by molar-refractivity contribution is 6.36. The molecule has 3 aliphatic carbocycles. The van der Waals surface area contributed by atoms with Crippen molar-refractivity contribution in [2.24, 2.45) is 11.8 Å². The molecule has 4 aliphatic rings. The number of alkyl halides is 2. The topological polar surface area (TPSA) is 75.7 Å². The largest absolute Gasteiger partial charge is 0.457 e. The molecule has 1 fully saturated rings. The van der Waals surface area contributed by atoms with Gasteiger partial charge in [0.1, 0.15) is 27.8 Å². The van der Waals surface area contributed by atoms with E-state index in [2.05, 4.69) is 5.32 Å². The van der Waals surface area contributed by atoms with E-state index in [0.29, 0.717) is 17.2 Å². The number of nitrogens with zero attached hydrogens (tertiary/aromatic N) is 1. The fourth-order valence-electron chi connectivity index (χ4n) is 7.20. The maximum Gasteiger partial charge on any atom is 0.244 e. The second kappa shape index (κ2) is 9.68. The molecule has 5 aromatic rings. The Labute approximate surface area is 263 Å². The van der Waals surface area contributed by atoms with E-state index in [9.17, 15) is 14.4 Å². The van der Waals surface area contributed by atoms with Gasteiger partial charge in [-0.15, -0.1) is 23.2 Å². The molecular formula is C36H24Cl2N2O4. The molecule has 0 spiro atoms. The van der Waals surface area contributed by atoms with E-state index in [-0.39, 0.29) is 0 Å². The molecule has 0 saturated carbocycles. The van der Waals surface area contributed by atoms with Crippen LogP contribution in [0.2, 0.25) is 0 Å². The van der Waals surface area contributed by atoms with Gasteiger partial charge in [-0.1, -0.05) is 78.9 Å². The van der Waals surface area contributed by atoms with Gasteiger partial charge in [-0.2, -0.15) is 0 Å². The Morgan fingerprint density at radius 2 is 1.14 bits per heavy atom. The van der Waals surface area contributed by atoms with E-state index < -0.39 is 45.9 Å². The zero-order valence-corrected chi connectivity index (χ0v) is 24.7. The first kappa shape index (κ1) is 26.9. The molecule has 44 heavy (non-hydrogen) atoms. The van der Waals surface area contributed by atoms with Gasteiger partial charge in [0.25, 0.3) is 0 Å². The molecule has 1 aliphatic heterocycles. The van der Waals surface area contributed by atoms with Crippen LogP contribution in [0.1, 0.15) is 22.3 Å². The molecule has 5 aromatic carbocycles. The van der Waals surface area contributed by atoms with Gasteiger partial charge in [0, 0.05) is 5.69 Å². The van der Waals surface area contributed by atoms with E-state index in [4.69, 9.17) is 27.9 Å². The molecule has 9 rings (SSSR count). The van der Waals surface area contributed by atoms with Gasteiger partial charge in [0.15, 0.2) is 0 Å². The third-order valence-electron chi connectivity index (χ3n) is 9.07. The summed E-state index contributed by atoms with van der Waals surface area (Å²) >= 11 is 14.9. The number of carbonyl (C=O) groups excluding carboxylic acids is 3. The Bertz CT molecular complexity index is 1900. The van der Waals surface area contributed by atoms with E-state index in [1.54, 1.807) is 24.3 Å². The molecule has 8 heteroatoms. The molecule has 0 aromatic heterocycles. The summed E-state index contributed by atoms with van der Waals surface area (Å²) < 4.78 is 6.00. The van der Waals surface area contributed by atoms with Crippen molar-refractivity contribution >= 4 is 57.4 Å². The van der Waals surface area contributed by atoms with Gasteiger partial charge < -0.3 is 10.1 Å². The summed E-state index contributed by atoms with van der Waals surface area (Å²) in [5.74, 6) is -2.11. The number of imide groups is 1. The number of benzene rings is 5. The first-order valence-corrected chi connectivity index (χ1v) is 15.1. The van der Waals surface area contributed by atoms with Gasteiger partial charge in [-0.3, -0.25) is 19.3 Å². The third-order valence-corrected chi connectivity index (χ3v) is 10.4. The summed E-state index contributed by atoms with van der Waals surface area (Å²) in [6.07, 6.45) is 0. The van der Waals surface area contributed by atoms with Crippen LogP contribution in [0.3, 0.4) is 0 Å². The quantitative estimate of drug-likeness (QED) is 0.167. The van der Waals surface area contributed by atoms with Crippen LogP contribution in [0.4, 0.5) is 5.69 Å². The van der Waals surface area contributed by atoms with Crippen LogP contribution in [-0.4, -0.2) is 29.2 Å². The number of anilines is 1. The fourth-order valence-corrected chi connectivity index (χ4v) is 8.30. The molecule has 1 heterocycles. The molecule has 0 unspecified atom stereocenters. The number of hydrogen-bond acceptors (Lipinski definition) is 4. The number of fused-ring (bicyclic) bond motifs is 1. The predicted molar refractivity (Wildman–Crippen MR) is 169 cm³/mol. The highest BCUT2D eigenvalue weighted by atomic mass is 35.5. The number of hydrogen-bond donors (Lipinski definition) is 1. The zero-order chi connectivity index (χ0) is 30.2. The lowest BCUT2D eigenvalue weighted by atomic mass is 9.54. The van der Waals surface area contributed by atoms with Crippen molar-refractivity contribution in [1.82, 2.24) is 4.90 Å². The lowest BCUT2D eigenvalue weighted by Gasteiger charge is -2.54. The lowest BCUT2D eigenvalue weighted by molar-refractivity contribution is -0.142. The number of amides is 3. The summed E-state index contributed by atoms with van der Waals surface area (Å²) in [4.78, 5) is 39.5. The van der Waals surface area contributed by atoms with Crippen molar-refractivity contribution in [3.8, 4) is 11.5 Å². The van der Waals surface area contributed by atoms with Crippen LogP contribution >= 0.6 is 23.2 Å². The summed E-state index contributed by atoms with van der Waals surface area (Å²) in [5, 5.41) is 4.98. The number of nitrogens with one attached hydrogen (secondary N) is 1. The minimum absolute atomic E-state index is 0.452. The summed E-state index contributed by atoms with van der Waals surface area (Å²) in [6, 6.07) is 35.7. The molecule has 2 bridgehead atoms. The second-order valence-corrected chi connectivity index (χ2v) is 12.6. The summed E-state index contributed by atoms with van der Waals surface area (Å²) in [7, 11) is 0. The molecular weight excluding hydrogens is 595 g/mol. The number of ether oxygens (including phenoxy) is 1. The molecule has 3 amide bonds. The van der Waals surface area contributed by atoms with Crippen LogP contribution in [0, 0.1) is 11.8 Å². The van der Waals surface area contributed by atoms with Crippen LogP contribution < -0.4 is 10.1 Å². The van der Waals surface area contributed by atoms with Gasteiger partial charge in [0.05, 0.1) is 11.8 Å². The highest BCUT2D eigenvalue weighted by Gasteiger charge is 2.73. The maximum absolute atomic E-state index is 14.0. The van der Waals surface area contributed by atoms with Gasteiger partial charge >= 0.3 is 0 Å². The standard InChI is InChI=1S/C36H24Cl2N2O4/c37-35-26-9-3-4-10-27(26)36(38,29-12-6-5-11-28(29)35)32-31(35)33(42)40(34(32)43)20-30(41)39-23-14-17-24(18-15-23)44-25-16-13-21-7-1-2-8-22(21)19-25/h1-19,31-32H,20H2,(H,39,41)/t31-,32-,35?,36?/m1/s1. The fraction of sp³-hybridized carbons (Fsp3) is 0.139. The monoisotopic (exact) mass is 618 g/mol. The average Bonchev–Trinajstić information content (AvgIpc) is 3.30. The summed E-state index contributed by atoms with van der Waals surface area (Å²) in [5.41, 5.74) is 3.37. The maximum atomic E-state index is 14.0. The van der Waals surface area contributed by atoms with E-state index >= 15 is 0 Å². The van der Waals surface area contributed by atoms with Crippen LogP contribution in [-0.2, 0) is 24.1 Å². The lowest BCUT2D eigenvalue weighted by Crippen LogP contribution is -2.57. The Morgan fingerprint density at radius 3 is 1.68 bits per heavy atom. The minimum Gasteiger partial charge on any atom is -0.457 e. The molecule has 1 saturated heterocycles. The molecule has 1 N–H and O–H groups in total. The number of carbonyl (C=O) groups is 3. The van der Waals surface area contributed by atoms with Crippen molar-refractivity contribution in [2.45, 2.75) is 9.75 Å². The van der Waals surface area contributed by atoms with Gasteiger partial charge in [0.2, 0.25) is 17.7 Å². The Hall–Kier alpha value is -4.65. The van der Waals surface area contributed by atoms with Crippen molar-refractivity contribution < 1.29 is 19.1 Å². The van der Waals surface area contributed by atoms with Crippen molar-refractivity contribution in [3.05, 3.63) is 138 Å². The van der Waals surface area contributed by atoms with E-state index in [1.807, 2.05) is 91.0 Å². The highest BCUT2D eigenvalue weighted by Crippen LogP contribution is 2.69. The SMILES string of the molecule is O=C(CN1C(=O)[C@H]2[C@H](C1=O)C1(Cl)c3ccccc3C2(Cl)c2ccccc21)Nc1ccc(Oc2ccc3ccccc3c2)cc1. The van der Waals surface area contributed by atoms with Crippen molar-refractivity contribution in [1.29, 1.82) is 0 Å². The van der Waals surface area contributed by atoms with Gasteiger partial charge in [-0.05, 0) is 69.4 Å². The van der Waals surface area contributed by atoms with E-state index in [0.717, 1.165) is 37.9 Å². The smallest absolute Gasteiger partial charge is 0.244 e. The third kappa shape index (κ3) is 3.71. The first-order valence-electron chi connectivity index (χ1n) is 14.3. The molecule has 2 atom stereocenters. The number of halogens is 2. The summed E-state index contributed by atoms with van der Waals surface area (Å²) in [6.45, 7) is -0.452. The number of rotatable bonds is 5. The van der Waals surface area contributed by atoms with E-state index in [1.165, 1.54) is 0 Å². The Morgan fingerprint density at radius 1 is 0.659 bits per heavy atom. The Kier molecular flexibility index (Phi) is 5.93. The number of likely N-dealkylation sites (tertiary alicyclic amines) is 1.